The number of aryl methyl sites for hydroxylation is 6. The number of halogens is 2. The first-order valence-corrected chi connectivity index (χ1v) is 17.7. The van der Waals surface area contributed by atoms with Crippen molar-refractivity contribution in [1.29, 1.82) is 0 Å². The zero-order chi connectivity index (χ0) is 36.5. The van der Waals surface area contributed by atoms with Crippen LogP contribution < -0.4 is 20.9 Å². The summed E-state index contributed by atoms with van der Waals surface area (Å²) in [4.78, 5) is 29.4. The van der Waals surface area contributed by atoms with E-state index < -0.39 is 5.91 Å². The molecule has 1 aliphatic heterocycles. The van der Waals surface area contributed by atoms with Gasteiger partial charge in [0.05, 0.1) is 28.5 Å². The molecule has 6 aromatic rings. The van der Waals surface area contributed by atoms with Gasteiger partial charge < -0.3 is 18.8 Å². The van der Waals surface area contributed by atoms with E-state index in [1.165, 1.54) is 0 Å². The Balaban J connectivity index is 1.37. The average Bonchev–Trinajstić information content (AvgIpc) is 3.70. The van der Waals surface area contributed by atoms with Crippen LogP contribution in [0.5, 0.6) is 5.75 Å². The standard InChI is InChI=1S/C39H41Cl2N7O3/c1-20-15-26(16-21(2)35(20)41)51-14-8-9-27-28-11-12-30(40)34(33-23(4)44-46(7)24(33)5)36(28)48-22(3)18-47(39(50)37(27)48)32-19-45(6)31-13-10-25(17-29(31)32)38(49)43-42/h10-13,15-17,19,22H,8-9,14,18,42H2,1-7H3,(H,43,49). The smallest absolute Gasteiger partial charge is 0.275 e. The monoisotopic (exact) mass is 725 g/mol. The van der Waals surface area contributed by atoms with E-state index in [-0.39, 0.29) is 11.9 Å². The minimum atomic E-state index is -0.399. The molecule has 3 N–H and O–H groups in total. The molecular formula is C39H41Cl2N7O3. The number of rotatable bonds is 8. The van der Waals surface area contributed by atoms with E-state index in [4.69, 9.17) is 38.9 Å². The van der Waals surface area contributed by atoms with Crippen molar-refractivity contribution >= 4 is 62.5 Å². The molecule has 2 amide bonds. The van der Waals surface area contributed by atoms with Crippen LogP contribution in [-0.2, 0) is 20.5 Å². The Hall–Kier alpha value is -4.77. The van der Waals surface area contributed by atoms with Crippen molar-refractivity contribution in [2.24, 2.45) is 19.9 Å². The van der Waals surface area contributed by atoms with Crippen molar-refractivity contribution in [3.63, 3.8) is 0 Å². The molecule has 3 aromatic heterocycles. The Morgan fingerprint density at radius 1 is 1.02 bits per heavy atom. The number of hydrogen-bond acceptors (Lipinski definition) is 5. The van der Waals surface area contributed by atoms with Gasteiger partial charge in [0.25, 0.3) is 11.8 Å². The summed E-state index contributed by atoms with van der Waals surface area (Å²) in [6.45, 7) is 11.0. The minimum absolute atomic E-state index is 0.118. The minimum Gasteiger partial charge on any atom is -0.494 e. The normalized spacial score (nSPS) is 14.5. The molecule has 0 bridgehead atoms. The molecule has 264 valence electrons. The van der Waals surface area contributed by atoms with Crippen LogP contribution in [0.15, 0.2) is 48.7 Å². The number of nitrogen functional groups attached to an aromatic ring is 1. The van der Waals surface area contributed by atoms with Crippen LogP contribution in [0.1, 0.15) is 68.3 Å². The van der Waals surface area contributed by atoms with Crippen LogP contribution in [0.4, 0.5) is 5.69 Å². The van der Waals surface area contributed by atoms with Gasteiger partial charge in [-0.1, -0.05) is 29.3 Å². The largest absolute Gasteiger partial charge is 0.494 e. The second-order valence-electron chi connectivity index (χ2n) is 13.6. The van der Waals surface area contributed by atoms with Gasteiger partial charge in [0.1, 0.15) is 11.4 Å². The lowest BCUT2D eigenvalue weighted by Gasteiger charge is -2.34. The molecule has 4 heterocycles. The summed E-state index contributed by atoms with van der Waals surface area (Å²) in [5.41, 5.74) is 12.4. The number of carbonyl (C=O) groups is 2. The van der Waals surface area contributed by atoms with E-state index in [9.17, 15) is 4.79 Å². The Kier molecular flexibility index (Phi) is 8.90. The van der Waals surface area contributed by atoms with Crippen molar-refractivity contribution in [3.8, 4) is 16.9 Å². The van der Waals surface area contributed by atoms with Gasteiger partial charge in [0.15, 0.2) is 0 Å². The highest BCUT2D eigenvalue weighted by molar-refractivity contribution is 6.35. The fourth-order valence-corrected chi connectivity index (χ4v) is 8.10. The van der Waals surface area contributed by atoms with Gasteiger partial charge in [0.2, 0.25) is 0 Å². The highest BCUT2D eigenvalue weighted by Crippen LogP contribution is 2.45. The van der Waals surface area contributed by atoms with Gasteiger partial charge in [-0.2, -0.15) is 5.10 Å². The third-order valence-corrected chi connectivity index (χ3v) is 11.1. The second kappa shape index (κ2) is 13.1. The first-order valence-electron chi connectivity index (χ1n) is 17.0. The van der Waals surface area contributed by atoms with E-state index >= 15 is 4.79 Å². The molecule has 10 nitrogen and oxygen atoms in total. The van der Waals surface area contributed by atoms with Crippen LogP contribution in [0, 0.1) is 27.7 Å². The maximum atomic E-state index is 15.0. The summed E-state index contributed by atoms with van der Waals surface area (Å²) in [6.07, 6.45) is 3.22. The topological polar surface area (TPSA) is 112 Å². The summed E-state index contributed by atoms with van der Waals surface area (Å²) >= 11 is 13.5. The van der Waals surface area contributed by atoms with Gasteiger partial charge in [-0.15, -0.1) is 0 Å². The van der Waals surface area contributed by atoms with Gasteiger partial charge in [-0.25, -0.2) is 5.84 Å². The van der Waals surface area contributed by atoms with Crippen molar-refractivity contribution < 1.29 is 14.3 Å². The summed E-state index contributed by atoms with van der Waals surface area (Å²) in [6, 6.07) is 13.1. The molecule has 0 fully saturated rings. The fourth-order valence-electron chi connectivity index (χ4n) is 7.75. The molecular weight excluding hydrogens is 685 g/mol. The summed E-state index contributed by atoms with van der Waals surface area (Å²) in [5.74, 6) is 5.72. The SMILES string of the molecule is Cc1cc(OCCCc2c3n(c4c(-c5c(C)nn(C)c5C)c(Cl)ccc24)C(C)CN(c2cn(C)c4ccc(C(=O)NN)cc24)C3=O)cc(C)c1Cl. The number of hydrogen-bond donors (Lipinski definition) is 2. The molecule has 1 atom stereocenters. The number of ether oxygens (including phenoxy) is 1. The molecule has 0 spiro atoms. The summed E-state index contributed by atoms with van der Waals surface area (Å²) in [5, 5.41) is 7.83. The molecule has 0 aliphatic carbocycles. The van der Waals surface area contributed by atoms with Gasteiger partial charge >= 0.3 is 0 Å². The van der Waals surface area contributed by atoms with Crippen LogP contribution >= 0.6 is 23.2 Å². The number of carbonyl (C=O) groups excluding carboxylic acids is 2. The summed E-state index contributed by atoms with van der Waals surface area (Å²) in [7, 11) is 3.87. The Labute approximate surface area is 306 Å². The lowest BCUT2D eigenvalue weighted by atomic mass is 9.98. The first kappa shape index (κ1) is 34.7. The van der Waals surface area contributed by atoms with Crippen LogP contribution in [0.25, 0.3) is 32.9 Å². The number of benzene rings is 3. The highest BCUT2D eigenvalue weighted by Gasteiger charge is 2.37. The highest BCUT2D eigenvalue weighted by atomic mass is 35.5. The average molecular weight is 727 g/mol. The van der Waals surface area contributed by atoms with E-state index in [1.54, 1.807) is 12.1 Å². The van der Waals surface area contributed by atoms with Crippen LogP contribution in [-0.4, -0.2) is 43.9 Å². The predicted octanol–water partition coefficient (Wildman–Crippen LogP) is 7.91. The third-order valence-electron chi connectivity index (χ3n) is 10.2. The maximum Gasteiger partial charge on any atom is 0.275 e. The molecule has 1 unspecified atom stereocenters. The van der Waals surface area contributed by atoms with Crippen LogP contribution in [0.2, 0.25) is 10.0 Å². The van der Waals surface area contributed by atoms with Gasteiger partial charge in [0, 0.05) is 76.6 Å². The van der Waals surface area contributed by atoms with E-state index in [0.717, 1.165) is 77.5 Å². The molecule has 51 heavy (non-hydrogen) atoms. The maximum absolute atomic E-state index is 15.0. The summed E-state index contributed by atoms with van der Waals surface area (Å²) < 4.78 is 12.2. The number of hydrazine groups is 1. The zero-order valence-corrected chi connectivity index (χ0v) is 31.3. The van der Waals surface area contributed by atoms with E-state index in [2.05, 4.69) is 16.9 Å². The van der Waals surface area contributed by atoms with Crippen molar-refractivity contribution in [2.75, 3.05) is 18.1 Å². The molecule has 0 saturated heterocycles. The van der Waals surface area contributed by atoms with Crippen molar-refractivity contribution in [1.82, 2.24) is 24.3 Å². The lowest BCUT2D eigenvalue weighted by molar-refractivity contribution is 0.0948. The third kappa shape index (κ3) is 5.66. The number of nitrogens with one attached hydrogen (secondary N) is 1. The lowest BCUT2D eigenvalue weighted by Crippen LogP contribution is -2.42. The van der Waals surface area contributed by atoms with Crippen LogP contribution in [0.3, 0.4) is 0 Å². The number of fused-ring (bicyclic) bond motifs is 4. The number of anilines is 1. The van der Waals surface area contributed by atoms with Gasteiger partial charge in [-0.3, -0.25) is 19.7 Å². The van der Waals surface area contributed by atoms with E-state index in [1.807, 2.05) is 92.5 Å². The quantitative estimate of drug-likeness (QED) is 0.0717. The second-order valence-corrected chi connectivity index (χ2v) is 14.4. The van der Waals surface area contributed by atoms with Crippen molar-refractivity contribution in [2.45, 2.75) is 53.5 Å². The molecule has 7 rings (SSSR count). The number of amides is 2. The first-order chi connectivity index (χ1) is 24.3. The zero-order valence-electron chi connectivity index (χ0n) is 29.8. The van der Waals surface area contributed by atoms with E-state index in [0.29, 0.717) is 42.3 Å². The number of nitrogens with two attached hydrogens (primary N) is 1. The molecule has 0 saturated carbocycles. The molecule has 1 aliphatic rings. The molecule has 0 radical (unpaired) electrons. The van der Waals surface area contributed by atoms with Crippen molar-refractivity contribution in [3.05, 3.63) is 98.0 Å². The Bertz CT molecular complexity index is 2380. The Morgan fingerprint density at radius 3 is 2.41 bits per heavy atom. The fraction of sp³-hybridized carbons (Fsp3) is 0.308. The van der Waals surface area contributed by atoms with Gasteiger partial charge in [-0.05, 0) is 101 Å². The number of aromatic nitrogens is 4. The number of nitrogens with zero attached hydrogens (tertiary/aromatic N) is 5. The molecule has 3 aromatic carbocycles. The Morgan fingerprint density at radius 2 is 1.75 bits per heavy atom. The predicted molar refractivity (Wildman–Crippen MR) is 204 cm³/mol. The molecule has 12 heteroatoms.